The molecule has 1 aromatic rings. The maximum Gasteiger partial charge on any atom is 0.145 e. The summed E-state index contributed by atoms with van der Waals surface area (Å²) in [6.45, 7) is 7.35. The number of hydrogen-bond donors (Lipinski definition) is 1. The van der Waals surface area contributed by atoms with Gasteiger partial charge < -0.3 is 10.2 Å². The summed E-state index contributed by atoms with van der Waals surface area (Å²) >= 11 is 5.91. The molecular formula is C17H28ClFN2. The summed E-state index contributed by atoms with van der Waals surface area (Å²) in [5, 5.41) is 3.75. The van der Waals surface area contributed by atoms with E-state index in [4.69, 9.17) is 11.6 Å². The van der Waals surface area contributed by atoms with Gasteiger partial charge in [0.2, 0.25) is 0 Å². The molecule has 1 unspecified atom stereocenters. The molecule has 0 fully saturated rings. The van der Waals surface area contributed by atoms with Crippen LogP contribution in [0, 0.1) is 5.82 Å². The molecule has 2 nitrogen and oxygen atoms in total. The van der Waals surface area contributed by atoms with Crippen LogP contribution in [0.3, 0.4) is 0 Å². The van der Waals surface area contributed by atoms with Crippen LogP contribution in [0.2, 0.25) is 5.02 Å². The van der Waals surface area contributed by atoms with Crippen molar-refractivity contribution in [1.82, 2.24) is 10.2 Å². The van der Waals surface area contributed by atoms with Crippen molar-refractivity contribution in [1.29, 1.82) is 0 Å². The van der Waals surface area contributed by atoms with Gasteiger partial charge in [0.15, 0.2) is 0 Å². The van der Waals surface area contributed by atoms with Crippen LogP contribution in [0.5, 0.6) is 0 Å². The Balaban J connectivity index is 3.14. The van der Waals surface area contributed by atoms with Gasteiger partial charge >= 0.3 is 0 Å². The van der Waals surface area contributed by atoms with Crippen molar-refractivity contribution < 1.29 is 4.39 Å². The molecule has 0 aromatic heterocycles. The lowest BCUT2D eigenvalue weighted by atomic mass is 9.80. The van der Waals surface area contributed by atoms with Crippen LogP contribution in [0.25, 0.3) is 0 Å². The average Bonchev–Trinajstić information content (AvgIpc) is 2.45. The van der Waals surface area contributed by atoms with E-state index in [9.17, 15) is 4.39 Å². The second kappa shape index (κ2) is 8.11. The van der Waals surface area contributed by atoms with Gasteiger partial charge in [0, 0.05) is 11.6 Å². The Kier molecular flexibility index (Phi) is 7.11. The van der Waals surface area contributed by atoms with Crippen LogP contribution in [-0.4, -0.2) is 37.1 Å². The minimum atomic E-state index is -0.290. The Hall–Kier alpha value is -0.640. The highest BCUT2D eigenvalue weighted by molar-refractivity contribution is 6.30. The van der Waals surface area contributed by atoms with Crippen molar-refractivity contribution in [3.8, 4) is 0 Å². The molecule has 0 saturated carbocycles. The van der Waals surface area contributed by atoms with Crippen molar-refractivity contribution in [2.24, 2.45) is 0 Å². The molecule has 1 rings (SSSR count). The zero-order chi connectivity index (χ0) is 16.0. The molecule has 120 valence electrons. The van der Waals surface area contributed by atoms with Crippen molar-refractivity contribution in [2.75, 3.05) is 20.6 Å². The lowest BCUT2D eigenvalue weighted by molar-refractivity contribution is 0.0885. The molecule has 1 aromatic carbocycles. The molecule has 0 bridgehead atoms. The fraction of sp³-hybridized carbons (Fsp3) is 0.647. The normalized spacial score (nSPS) is 13.7. The Labute approximate surface area is 133 Å². The molecule has 4 heteroatoms. The summed E-state index contributed by atoms with van der Waals surface area (Å²) in [7, 11) is 4.21. The summed E-state index contributed by atoms with van der Waals surface area (Å²) in [5.41, 5.74) is 0.687. The Morgan fingerprint density at radius 2 is 1.86 bits per heavy atom. The first kappa shape index (κ1) is 18.4. The molecular weight excluding hydrogens is 287 g/mol. The van der Waals surface area contributed by atoms with E-state index in [1.54, 1.807) is 6.07 Å². The standard InChI is InChI=1S/C17H28ClFN2/c1-6-17(7-2,21(4)5)15(20-8-3)12-13-10-9-11-14(18)16(13)19/h9-11,15,20H,6-8,12H2,1-5H3. The van der Waals surface area contributed by atoms with E-state index in [0.717, 1.165) is 19.4 Å². The van der Waals surface area contributed by atoms with Crippen LogP contribution < -0.4 is 5.32 Å². The van der Waals surface area contributed by atoms with Crippen LogP contribution in [-0.2, 0) is 6.42 Å². The van der Waals surface area contributed by atoms with E-state index < -0.39 is 0 Å². The van der Waals surface area contributed by atoms with Gasteiger partial charge in [-0.05, 0) is 51.5 Å². The fourth-order valence-electron chi connectivity index (χ4n) is 3.31. The smallest absolute Gasteiger partial charge is 0.145 e. The number of nitrogens with zero attached hydrogens (tertiary/aromatic N) is 1. The minimum absolute atomic E-state index is 0.00473. The number of benzene rings is 1. The Bertz CT molecular complexity index is 444. The zero-order valence-electron chi connectivity index (χ0n) is 13.8. The molecule has 0 spiro atoms. The maximum absolute atomic E-state index is 14.2. The molecule has 0 saturated heterocycles. The highest BCUT2D eigenvalue weighted by atomic mass is 35.5. The molecule has 0 aliphatic carbocycles. The first-order valence-electron chi connectivity index (χ1n) is 7.76. The van der Waals surface area contributed by atoms with Gasteiger partial charge in [0.1, 0.15) is 5.82 Å². The molecule has 0 aliphatic heterocycles. The van der Waals surface area contributed by atoms with E-state index in [1.807, 2.05) is 12.1 Å². The van der Waals surface area contributed by atoms with Gasteiger partial charge in [-0.2, -0.15) is 0 Å². The lowest BCUT2D eigenvalue weighted by Crippen LogP contribution is -2.59. The first-order chi connectivity index (χ1) is 9.92. The van der Waals surface area contributed by atoms with Crippen molar-refractivity contribution in [3.05, 3.63) is 34.6 Å². The SMILES string of the molecule is CCNC(Cc1cccc(Cl)c1F)C(CC)(CC)N(C)C. The molecule has 1 N–H and O–H groups in total. The molecule has 21 heavy (non-hydrogen) atoms. The Morgan fingerprint density at radius 1 is 1.24 bits per heavy atom. The summed E-state index contributed by atoms with van der Waals surface area (Å²) in [4.78, 5) is 2.27. The zero-order valence-corrected chi connectivity index (χ0v) is 14.6. The third kappa shape index (κ3) is 3.97. The molecule has 0 heterocycles. The second-order valence-electron chi connectivity index (χ2n) is 5.73. The quantitative estimate of drug-likeness (QED) is 0.776. The number of halogens is 2. The van der Waals surface area contributed by atoms with Crippen molar-refractivity contribution in [3.63, 3.8) is 0 Å². The van der Waals surface area contributed by atoms with Gasteiger partial charge in [-0.25, -0.2) is 4.39 Å². The minimum Gasteiger partial charge on any atom is -0.312 e. The molecule has 1 atom stereocenters. The maximum atomic E-state index is 14.2. The predicted molar refractivity (Wildman–Crippen MR) is 89.6 cm³/mol. The van der Waals surface area contributed by atoms with Gasteiger partial charge in [-0.1, -0.05) is 44.5 Å². The lowest BCUT2D eigenvalue weighted by Gasteiger charge is -2.45. The third-order valence-electron chi connectivity index (χ3n) is 4.67. The number of nitrogens with one attached hydrogen (secondary N) is 1. The van der Waals surface area contributed by atoms with Crippen LogP contribution in [0.15, 0.2) is 18.2 Å². The highest BCUT2D eigenvalue weighted by Gasteiger charge is 2.37. The average molecular weight is 315 g/mol. The van der Waals surface area contributed by atoms with Crippen LogP contribution in [0.4, 0.5) is 4.39 Å². The number of likely N-dealkylation sites (N-methyl/N-ethyl adjacent to an activating group) is 2. The van der Waals surface area contributed by atoms with Crippen LogP contribution in [0.1, 0.15) is 39.2 Å². The van der Waals surface area contributed by atoms with E-state index in [1.165, 1.54) is 0 Å². The van der Waals surface area contributed by atoms with Gasteiger partial charge in [0.25, 0.3) is 0 Å². The van der Waals surface area contributed by atoms with E-state index in [2.05, 4.69) is 45.1 Å². The van der Waals surface area contributed by atoms with Gasteiger partial charge in [-0.3, -0.25) is 0 Å². The Morgan fingerprint density at radius 3 is 2.33 bits per heavy atom. The molecule has 0 amide bonds. The largest absolute Gasteiger partial charge is 0.312 e. The summed E-state index contributed by atoms with van der Waals surface area (Å²) in [6, 6.07) is 5.43. The monoisotopic (exact) mass is 314 g/mol. The number of hydrogen-bond acceptors (Lipinski definition) is 2. The second-order valence-corrected chi connectivity index (χ2v) is 6.14. The highest BCUT2D eigenvalue weighted by Crippen LogP contribution is 2.29. The van der Waals surface area contributed by atoms with Crippen LogP contribution >= 0.6 is 11.6 Å². The van der Waals surface area contributed by atoms with E-state index in [0.29, 0.717) is 12.0 Å². The summed E-state index contributed by atoms with van der Waals surface area (Å²) < 4.78 is 14.2. The van der Waals surface area contributed by atoms with Gasteiger partial charge in [-0.15, -0.1) is 0 Å². The van der Waals surface area contributed by atoms with E-state index >= 15 is 0 Å². The van der Waals surface area contributed by atoms with Crippen molar-refractivity contribution >= 4 is 11.6 Å². The number of rotatable bonds is 8. The first-order valence-corrected chi connectivity index (χ1v) is 8.14. The predicted octanol–water partition coefficient (Wildman–Crippen LogP) is 4.12. The topological polar surface area (TPSA) is 15.3 Å². The molecule has 0 aliphatic rings. The summed E-state index contributed by atoms with van der Waals surface area (Å²) in [5.74, 6) is -0.290. The van der Waals surface area contributed by atoms with Crippen molar-refractivity contribution in [2.45, 2.75) is 51.6 Å². The summed E-state index contributed by atoms with van der Waals surface area (Å²) in [6.07, 6.45) is 2.66. The third-order valence-corrected chi connectivity index (χ3v) is 4.96. The molecule has 0 radical (unpaired) electrons. The van der Waals surface area contributed by atoms with Gasteiger partial charge in [0.05, 0.1) is 5.02 Å². The fourth-order valence-corrected chi connectivity index (χ4v) is 3.51. The van der Waals surface area contributed by atoms with E-state index in [-0.39, 0.29) is 22.4 Å².